The van der Waals surface area contributed by atoms with E-state index in [0.29, 0.717) is 12.5 Å². The maximum Gasteiger partial charge on any atom is 0.180 e. The number of hydrogen-bond donors (Lipinski definition) is 2. The minimum Gasteiger partial charge on any atom is -0.379 e. The Morgan fingerprint density at radius 2 is 2.14 bits per heavy atom. The lowest BCUT2D eigenvalue weighted by Crippen LogP contribution is -2.14. The quantitative estimate of drug-likeness (QED) is 0.695. The van der Waals surface area contributed by atoms with Gasteiger partial charge in [0.05, 0.1) is 12.8 Å². The summed E-state index contributed by atoms with van der Waals surface area (Å²) >= 11 is 0. The Bertz CT molecular complexity index is 552. The maximum atomic E-state index is 5.57. The van der Waals surface area contributed by atoms with E-state index >= 15 is 0 Å². The van der Waals surface area contributed by atoms with Gasteiger partial charge in [-0.2, -0.15) is 0 Å². The van der Waals surface area contributed by atoms with Crippen LogP contribution >= 0.6 is 0 Å². The highest BCUT2D eigenvalue weighted by atomic mass is 16.5. The van der Waals surface area contributed by atoms with Crippen molar-refractivity contribution < 1.29 is 4.74 Å². The van der Waals surface area contributed by atoms with E-state index in [1.54, 1.807) is 6.20 Å². The second-order valence-electron chi connectivity index (χ2n) is 5.46. The molecule has 0 spiro atoms. The third-order valence-electron chi connectivity index (χ3n) is 2.92. The van der Waals surface area contributed by atoms with Crippen molar-refractivity contribution in [3.05, 3.63) is 18.6 Å². The van der Waals surface area contributed by atoms with Gasteiger partial charge in [0.1, 0.15) is 5.82 Å². The van der Waals surface area contributed by atoms with Crippen molar-refractivity contribution in [1.82, 2.24) is 14.4 Å². The molecule has 0 aromatic carbocycles. The van der Waals surface area contributed by atoms with Crippen LogP contribution in [0.3, 0.4) is 0 Å². The van der Waals surface area contributed by atoms with E-state index in [2.05, 4.69) is 41.4 Å². The first-order valence-electron chi connectivity index (χ1n) is 7.60. The fourth-order valence-electron chi connectivity index (χ4n) is 1.95. The zero-order chi connectivity index (χ0) is 15.1. The van der Waals surface area contributed by atoms with Crippen LogP contribution in [0.25, 0.3) is 5.65 Å². The van der Waals surface area contributed by atoms with Crippen LogP contribution in [0, 0.1) is 5.92 Å². The fourth-order valence-corrected chi connectivity index (χ4v) is 1.95. The summed E-state index contributed by atoms with van der Waals surface area (Å²) in [5, 5.41) is 6.61. The van der Waals surface area contributed by atoms with Crippen molar-refractivity contribution in [2.75, 3.05) is 36.9 Å². The van der Waals surface area contributed by atoms with Crippen molar-refractivity contribution in [3.63, 3.8) is 0 Å². The third-order valence-corrected chi connectivity index (χ3v) is 2.92. The molecule has 0 aliphatic carbocycles. The van der Waals surface area contributed by atoms with Crippen LogP contribution in [-0.2, 0) is 4.74 Å². The third kappa shape index (κ3) is 4.60. The molecule has 0 atom stereocenters. The SMILES string of the molecule is CCCNc1cn2ccnc2c(NCCOCC(C)C)n1. The lowest BCUT2D eigenvalue weighted by Gasteiger charge is -2.11. The van der Waals surface area contributed by atoms with Crippen LogP contribution < -0.4 is 10.6 Å². The molecule has 0 aliphatic heterocycles. The van der Waals surface area contributed by atoms with E-state index in [1.807, 2.05) is 16.8 Å². The molecule has 0 saturated heterocycles. The fraction of sp³-hybridized carbons (Fsp3) is 0.600. The average molecular weight is 291 g/mol. The molecular formula is C15H25N5O. The highest BCUT2D eigenvalue weighted by Crippen LogP contribution is 2.16. The molecular weight excluding hydrogens is 266 g/mol. The molecule has 0 radical (unpaired) electrons. The van der Waals surface area contributed by atoms with E-state index in [0.717, 1.165) is 43.4 Å². The molecule has 2 aromatic heterocycles. The van der Waals surface area contributed by atoms with E-state index in [9.17, 15) is 0 Å². The van der Waals surface area contributed by atoms with Crippen molar-refractivity contribution >= 4 is 17.3 Å². The molecule has 0 fully saturated rings. The van der Waals surface area contributed by atoms with Gasteiger partial charge in [-0.15, -0.1) is 0 Å². The number of anilines is 2. The van der Waals surface area contributed by atoms with Crippen LogP contribution in [-0.4, -0.2) is 40.7 Å². The number of fused-ring (bicyclic) bond motifs is 1. The molecule has 2 N–H and O–H groups in total. The van der Waals surface area contributed by atoms with Gasteiger partial charge in [0, 0.05) is 32.1 Å². The minimum atomic E-state index is 0.559. The number of rotatable bonds is 9. The molecule has 116 valence electrons. The number of hydrogen-bond acceptors (Lipinski definition) is 5. The Hall–Kier alpha value is -1.82. The van der Waals surface area contributed by atoms with E-state index < -0.39 is 0 Å². The molecule has 6 nitrogen and oxygen atoms in total. The molecule has 21 heavy (non-hydrogen) atoms. The number of aromatic nitrogens is 3. The van der Waals surface area contributed by atoms with Gasteiger partial charge in [0.2, 0.25) is 0 Å². The number of ether oxygens (including phenoxy) is 1. The van der Waals surface area contributed by atoms with E-state index in [1.165, 1.54) is 0 Å². The smallest absolute Gasteiger partial charge is 0.180 e. The van der Waals surface area contributed by atoms with Gasteiger partial charge in [-0.05, 0) is 12.3 Å². The Morgan fingerprint density at radius 3 is 2.90 bits per heavy atom. The normalized spacial score (nSPS) is 11.2. The highest BCUT2D eigenvalue weighted by Gasteiger charge is 2.06. The Kier molecular flexibility index (Phi) is 5.80. The summed E-state index contributed by atoms with van der Waals surface area (Å²) in [4.78, 5) is 8.92. The maximum absolute atomic E-state index is 5.57. The summed E-state index contributed by atoms with van der Waals surface area (Å²) in [5.74, 6) is 2.20. The number of nitrogens with one attached hydrogen (secondary N) is 2. The zero-order valence-corrected chi connectivity index (χ0v) is 13.1. The first kappa shape index (κ1) is 15.6. The molecule has 2 aromatic rings. The molecule has 6 heteroatoms. The summed E-state index contributed by atoms with van der Waals surface area (Å²) in [6.45, 7) is 9.50. The van der Waals surface area contributed by atoms with Crippen LogP contribution in [0.1, 0.15) is 27.2 Å². The predicted molar refractivity (Wildman–Crippen MR) is 85.9 cm³/mol. The molecule has 2 rings (SSSR count). The second kappa shape index (κ2) is 7.83. The molecule has 0 saturated carbocycles. The highest BCUT2D eigenvalue weighted by molar-refractivity contribution is 5.65. The van der Waals surface area contributed by atoms with Gasteiger partial charge in [0.25, 0.3) is 0 Å². The van der Waals surface area contributed by atoms with Gasteiger partial charge < -0.3 is 19.8 Å². The van der Waals surface area contributed by atoms with E-state index in [-0.39, 0.29) is 0 Å². The second-order valence-corrected chi connectivity index (χ2v) is 5.46. The van der Waals surface area contributed by atoms with Crippen LogP contribution in [0.15, 0.2) is 18.6 Å². The summed E-state index contributed by atoms with van der Waals surface area (Å²) < 4.78 is 7.55. The zero-order valence-electron chi connectivity index (χ0n) is 13.1. The molecule has 0 amide bonds. The summed E-state index contributed by atoms with van der Waals surface area (Å²) in [7, 11) is 0. The van der Waals surface area contributed by atoms with Crippen LogP contribution in [0.2, 0.25) is 0 Å². The lowest BCUT2D eigenvalue weighted by atomic mass is 10.2. The summed E-state index contributed by atoms with van der Waals surface area (Å²) in [6.07, 6.45) is 6.73. The van der Waals surface area contributed by atoms with Gasteiger partial charge in [0.15, 0.2) is 11.5 Å². The minimum absolute atomic E-state index is 0.559. The topological polar surface area (TPSA) is 63.5 Å². The molecule has 0 unspecified atom stereocenters. The Balaban J connectivity index is 1.98. The first-order valence-corrected chi connectivity index (χ1v) is 7.60. The Labute approximate surface area is 125 Å². The Morgan fingerprint density at radius 1 is 1.29 bits per heavy atom. The standard InChI is InChI=1S/C15H25N5O/c1-4-5-16-13-10-20-8-6-18-15(20)14(19-13)17-7-9-21-11-12(2)3/h6,8,10,12,16H,4-5,7,9,11H2,1-3H3,(H,17,19). The van der Waals surface area contributed by atoms with Crippen LogP contribution in [0.4, 0.5) is 11.6 Å². The molecule has 2 heterocycles. The largest absolute Gasteiger partial charge is 0.379 e. The predicted octanol–water partition coefficient (Wildman–Crippen LogP) is 2.64. The van der Waals surface area contributed by atoms with Gasteiger partial charge in [-0.3, -0.25) is 0 Å². The number of imidazole rings is 1. The van der Waals surface area contributed by atoms with E-state index in [4.69, 9.17) is 4.74 Å². The molecule has 0 bridgehead atoms. The lowest BCUT2D eigenvalue weighted by molar-refractivity contribution is 0.118. The van der Waals surface area contributed by atoms with Crippen molar-refractivity contribution in [3.8, 4) is 0 Å². The summed E-state index contributed by atoms with van der Waals surface area (Å²) in [5.41, 5.74) is 0.834. The van der Waals surface area contributed by atoms with Crippen molar-refractivity contribution in [2.24, 2.45) is 5.92 Å². The van der Waals surface area contributed by atoms with Gasteiger partial charge in [-0.1, -0.05) is 20.8 Å². The van der Waals surface area contributed by atoms with Crippen LogP contribution in [0.5, 0.6) is 0 Å². The van der Waals surface area contributed by atoms with Crippen molar-refractivity contribution in [2.45, 2.75) is 27.2 Å². The average Bonchev–Trinajstić information content (AvgIpc) is 2.92. The van der Waals surface area contributed by atoms with Gasteiger partial charge >= 0.3 is 0 Å². The molecule has 0 aliphatic rings. The monoisotopic (exact) mass is 291 g/mol. The van der Waals surface area contributed by atoms with Crippen molar-refractivity contribution in [1.29, 1.82) is 0 Å². The first-order chi connectivity index (χ1) is 10.2. The summed E-state index contributed by atoms with van der Waals surface area (Å²) in [6, 6.07) is 0. The number of nitrogens with zero attached hydrogens (tertiary/aromatic N) is 3. The van der Waals surface area contributed by atoms with Gasteiger partial charge in [-0.25, -0.2) is 9.97 Å².